The van der Waals surface area contributed by atoms with Crippen molar-refractivity contribution >= 4 is 15.8 Å². The van der Waals surface area contributed by atoms with Gasteiger partial charge in [-0.2, -0.15) is 8.42 Å². The molecule has 0 atom stereocenters. The zero-order chi connectivity index (χ0) is 15.7. The van der Waals surface area contributed by atoms with Gasteiger partial charge < -0.3 is 4.40 Å². The van der Waals surface area contributed by atoms with Crippen LogP contribution in [0.1, 0.15) is 17.0 Å². The number of imidazole rings is 1. The lowest BCUT2D eigenvalue weighted by atomic mass is 10.2. The van der Waals surface area contributed by atoms with Gasteiger partial charge in [-0.3, -0.25) is 4.18 Å². The molecule has 0 spiro atoms. The maximum absolute atomic E-state index is 12.2. The summed E-state index contributed by atoms with van der Waals surface area (Å²) in [6.45, 7) is 3.69. The predicted molar refractivity (Wildman–Crippen MR) is 83.1 cm³/mol. The van der Waals surface area contributed by atoms with E-state index in [2.05, 4.69) is 4.98 Å². The molecule has 114 valence electrons. The number of fused-ring (bicyclic) bond motifs is 1. The van der Waals surface area contributed by atoms with Crippen molar-refractivity contribution in [3.63, 3.8) is 0 Å². The van der Waals surface area contributed by atoms with Crippen molar-refractivity contribution in [2.75, 3.05) is 0 Å². The van der Waals surface area contributed by atoms with Crippen LogP contribution in [-0.2, 0) is 20.9 Å². The quantitative estimate of drug-likeness (QED) is 0.694. The van der Waals surface area contributed by atoms with Gasteiger partial charge in [0.1, 0.15) is 12.3 Å². The number of hydrogen-bond donors (Lipinski definition) is 0. The maximum atomic E-state index is 12.2. The van der Waals surface area contributed by atoms with E-state index in [1.54, 1.807) is 24.3 Å². The van der Waals surface area contributed by atoms with Gasteiger partial charge in [0, 0.05) is 6.20 Å². The first-order chi connectivity index (χ1) is 10.5. The third-order valence-electron chi connectivity index (χ3n) is 3.49. The molecule has 6 heteroatoms. The number of pyridine rings is 1. The van der Waals surface area contributed by atoms with Crippen molar-refractivity contribution in [2.45, 2.75) is 25.3 Å². The highest BCUT2D eigenvalue weighted by Gasteiger charge is 2.17. The van der Waals surface area contributed by atoms with Crippen LogP contribution in [-0.4, -0.2) is 17.8 Å². The van der Waals surface area contributed by atoms with E-state index in [0.29, 0.717) is 0 Å². The average Bonchev–Trinajstić information content (AvgIpc) is 2.81. The summed E-state index contributed by atoms with van der Waals surface area (Å²) in [5.41, 5.74) is 3.25. The first-order valence-electron chi connectivity index (χ1n) is 6.86. The Morgan fingerprint density at radius 3 is 2.55 bits per heavy atom. The number of aromatic nitrogens is 2. The second kappa shape index (κ2) is 5.55. The summed E-state index contributed by atoms with van der Waals surface area (Å²) in [6, 6.07) is 12.2. The molecule has 0 bridgehead atoms. The van der Waals surface area contributed by atoms with E-state index >= 15 is 0 Å². The third-order valence-corrected chi connectivity index (χ3v) is 4.77. The van der Waals surface area contributed by atoms with Gasteiger partial charge in [-0.15, -0.1) is 0 Å². The summed E-state index contributed by atoms with van der Waals surface area (Å²) < 4.78 is 31.5. The van der Waals surface area contributed by atoms with E-state index in [0.717, 1.165) is 22.6 Å². The molecule has 5 nitrogen and oxygen atoms in total. The number of benzene rings is 1. The van der Waals surface area contributed by atoms with E-state index in [-0.39, 0.29) is 11.5 Å². The van der Waals surface area contributed by atoms with Crippen LogP contribution in [0, 0.1) is 13.8 Å². The van der Waals surface area contributed by atoms with Gasteiger partial charge in [-0.1, -0.05) is 23.8 Å². The molecule has 1 aromatic carbocycles. The lowest BCUT2D eigenvalue weighted by Crippen LogP contribution is -2.08. The monoisotopic (exact) mass is 316 g/mol. The van der Waals surface area contributed by atoms with Crippen LogP contribution >= 0.6 is 0 Å². The van der Waals surface area contributed by atoms with Crippen molar-refractivity contribution in [3.05, 3.63) is 65.6 Å². The van der Waals surface area contributed by atoms with E-state index in [1.165, 1.54) is 0 Å². The molecule has 2 heterocycles. The lowest BCUT2D eigenvalue weighted by molar-refractivity contribution is 0.302. The highest BCUT2D eigenvalue weighted by molar-refractivity contribution is 7.86. The number of aryl methyl sites for hydroxylation is 2. The molecule has 0 aliphatic heterocycles. The van der Waals surface area contributed by atoms with E-state index in [1.807, 2.05) is 42.6 Å². The molecule has 0 saturated heterocycles. The molecule has 0 N–H and O–H groups in total. The molecule has 0 unspecified atom stereocenters. The fourth-order valence-corrected chi connectivity index (χ4v) is 3.12. The minimum atomic E-state index is -3.78. The van der Waals surface area contributed by atoms with Gasteiger partial charge in [0.15, 0.2) is 0 Å². The molecule has 0 fully saturated rings. The Bertz CT molecular complexity index is 912. The summed E-state index contributed by atoms with van der Waals surface area (Å²) in [4.78, 5) is 4.54. The fraction of sp³-hybridized carbons (Fsp3) is 0.188. The van der Waals surface area contributed by atoms with Crippen molar-refractivity contribution in [1.29, 1.82) is 0 Å². The van der Waals surface area contributed by atoms with Crippen LogP contribution in [0.2, 0.25) is 0 Å². The van der Waals surface area contributed by atoms with E-state index in [4.69, 9.17) is 4.18 Å². The zero-order valence-electron chi connectivity index (χ0n) is 12.4. The second-order valence-corrected chi connectivity index (χ2v) is 6.72. The predicted octanol–water partition coefficient (Wildman–Crippen LogP) is 2.86. The molecular formula is C16H16N2O3S. The minimum Gasteiger partial charge on any atom is -0.301 e. The lowest BCUT2D eigenvalue weighted by Gasteiger charge is -2.07. The highest BCUT2D eigenvalue weighted by atomic mass is 32.2. The minimum absolute atomic E-state index is 0.0484. The number of nitrogens with zero attached hydrogens (tertiary/aromatic N) is 2. The van der Waals surface area contributed by atoms with Crippen LogP contribution in [0.15, 0.2) is 53.6 Å². The van der Waals surface area contributed by atoms with Crippen molar-refractivity contribution < 1.29 is 12.6 Å². The first kappa shape index (κ1) is 14.7. The van der Waals surface area contributed by atoms with Gasteiger partial charge in [0.25, 0.3) is 10.1 Å². The second-order valence-electron chi connectivity index (χ2n) is 5.10. The molecule has 0 amide bonds. The zero-order valence-corrected chi connectivity index (χ0v) is 13.2. The van der Waals surface area contributed by atoms with Gasteiger partial charge in [0.2, 0.25) is 0 Å². The van der Waals surface area contributed by atoms with E-state index < -0.39 is 10.1 Å². The summed E-state index contributed by atoms with van der Waals surface area (Å²) >= 11 is 0. The van der Waals surface area contributed by atoms with Crippen LogP contribution in [0.25, 0.3) is 5.65 Å². The molecule has 3 aromatic rings. The normalized spacial score (nSPS) is 11.9. The Balaban J connectivity index is 1.87. The molecule has 0 radical (unpaired) electrons. The number of rotatable bonds is 4. The average molecular weight is 316 g/mol. The summed E-state index contributed by atoms with van der Waals surface area (Å²) in [6.07, 6.45) is 1.84. The number of hydrogen-bond acceptors (Lipinski definition) is 4. The van der Waals surface area contributed by atoms with Crippen LogP contribution in [0.5, 0.6) is 0 Å². The molecule has 22 heavy (non-hydrogen) atoms. The fourth-order valence-electron chi connectivity index (χ4n) is 2.24. The van der Waals surface area contributed by atoms with Gasteiger partial charge >= 0.3 is 0 Å². The summed E-state index contributed by atoms with van der Waals surface area (Å²) in [5, 5.41) is 0. The Labute approximate surface area is 129 Å². The summed E-state index contributed by atoms with van der Waals surface area (Å²) in [7, 11) is -3.78. The Morgan fingerprint density at radius 1 is 1.09 bits per heavy atom. The Morgan fingerprint density at radius 2 is 1.82 bits per heavy atom. The van der Waals surface area contributed by atoms with Crippen molar-refractivity contribution in [2.24, 2.45) is 0 Å². The topological polar surface area (TPSA) is 60.7 Å². The molecular weight excluding hydrogens is 300 g/mol. The Hall–Kier alpha value is -2.18. The van der Waals surface area contributed by atoms with Crippen molar-refractivity contribution in [3.8, 4) is 0 Å². The summed E-state index contributed by atoms with van der Waals surface area (Å²) in [5.74, 6) is 0. The highest BCUT2D eigenvalue weighted by Crippen LogP contribution is 2.18. The maximum Gasteiger partial charge on any atom is 0.297 e. The third kappa shape index (κ3) is 2.75. The molecule has 0 saturated carbocycles. The smallest absolute Gasteiger partial charge is 0.297 e. The molecule has 2 aromatic heterocycles. The largest absolute Gasteiger partial charge is 0.301 e. The van der Waals surface area contributed by atoms with Crippen molar-refractivity contribution in [1.82, 2.24) is 9.38 Å². The van der Waals surface area contributed by atoms with Crippen LogP contribution in [0.3, 0.4) is 0 Å². The SMILES string of the molecule is Cc1ccc(S(=O)(=O)OCc2c(C)nc3ccccn23)cc1. The van der Waals surface area contributed by atoms with Gasteiger partial charge in [-0.25, -0.2) is 4.98 Å². The molecule has 0 aliphatic carbocycles. The van der Waals surface area contributed by atoms with Gasteiger partial charge in [-0.05, 0) is 38.1 Å². The van der Waals surface area contributed by atoms with Crippen LogP contribution in [0.4, 0.5) is 0 Å². The van der Waals surface area contributed by atoms with Crippen LogP contribution < -0.4 is 0 Å². The molecule has 0 aliphatic rings. The molecule has 3 rings (SSSR count). The standard InChI is InChI=1S/C16H16N2O3S/c1-12-6-8-14(9-7-12)22(19,20)21-11-15-13(2)17-16-5-3-4-10-18(15)16/h3-10H,11H2,1-2H3. The Kier molecular flexibility index (Phi) is 3.72. The van der Waals surface area contributed by atoms with Gasteiger partial charge in [0.05, 0.1) is 16.3 Å². The van der Waals surface area contributed by atoms with E-state index in [9.17, 15) is 8.42 Å². The first-order valence-corrected chi connectivity index (χ1v) is 8.27.